The Morgan fingerprint density at radius 3 is 2.63 bits per heavy atom. The van der Waals surface area contributed by atoms with Crippen molar-refractivity contribution in [2.24, 2.45) is 0 Å². The molecule has 1 atom stereocenters. The SMILES string of the molecule is [2H]C([2H])(Oc1cccc2c1CN(C1([2H])C(=O)NC(=O)C([2H])([2H])C1([2H])[2H])C2=O)c1ccc(CN2CC(C)(C)OC(C)(C)C2)cc1F. The number of carbonyl (C=O) groups is 3. The molecule has 0 radical (unpaired) electrons. The molecular formula is C29H34FN3O5. The van der Waals surface area contributed by atoms with E-state index in [2.05, 4.69) is 4.90 Å². The zero-order chi connectivity index (χ0) is 33.5. The molecule has 2 aromatic carbocycles. The summed E-state index contributed by atoms with van der Waals surface area (Å²) in [5.41, 5.74) is -0.798. The van der Waals surface area contributed by atoms with Crippen LogP contribution in [0.5, 0.6) is 5.75 Å². The maximum atomic E-state index is 15.4. The molecule has 202 valence electrons. The lowest BCUT2D eigenvalue weighted by atomic mass is 9.98. The van der Waals surface area contributed by atoms with Crippen molar-refractivity contribution in [1.29, 1.82) is 0 Å². The maximum absolute atomic E-state index is 15.4. The lowest BCUT2D eigenvalue weighted by molar-refractivity contribution is -0.182. The number of benzene rings is 2. The largest absolute Gasteiger partial charge is 0.488 e. The van der Waals surface area contributed by atoms with Crippen molar-refractivity contribution in [2.45, 2.75) is 77.3 Å². The quantitative estimate of drug-likeness (QED) is 0.575. The number of nitrogens with one attached hydrogen (secondary N) is 1. The third-order valence-electron chi connectivity index (χ3n) is 6.40. The smallest absolute Gasteiger partial charge is 0.255 e. The molecule has 8 nitrogen and oxygen atoms in total. The van der Waals surface area contributed by atoms with E-state index in [1.165, 1.54) is 30.3 Å². The van der Waals surface area contributed by atoms with E-state index in [4.69, 9.17) is 19.1 Å². The number of rotatable bonds is 6. The van der Waals surface area contributed by atoms with Gasteiger partial charge in [-0.1, -0.05) is 18.2 Å². The fourth-order valence-corrected chi connectivity index (χ4v) is 5.30. The number of fused-ring (bicyclic) bond motifs is 1. The van der Waals surface area contributed by atoms with Gasteiger partial charge in [0.2, 0.25) is 11.8 Å². The van der Waals surface area contributed by atoms with Gasteiger partial charge in [0, 0.05) is 48.2 Å². The zero-order valence-electron chi connectivity index (χ0n) is 28.6. The minimum atomic E-state index is -3.47. The summed E-state index contributed by atoms with van der Waals surface area (Å²) in [7, 11) is 0. The Balaban J connectivity index is 1.40. The Hall–Kier alpha value is -3.30. The molecule has 9 heteroatoms. The number of ether oxygens (including phenoxy) is 2. The summed E-state index contributed by atoms with van der Waals surface area (Å²) in [6, 6.07) is 4.84. The molecule has 2 fully saturated rings. The van der Waals surface area contributed by atoms with Crippen LogP contribution in [-0.4, -0.2) is 57.8 Å². The van der Waals surface area contributed by atoms with E-state index in [-0.39, 0.29) is 16.9 Å². The van der Waals surface area contributed by atoms with Crippen LogP contribution in [0.1, 0.15) is 77.1 Å². The molecule has 3 heterocycles. The molecule has 0 aromatic heterocycles. The molecule has 0 spiro atoms. The average Bonchev–Trinajstić information content (AvgIpc) is 3.22. The monoisotopic (exact) mass is 530 g/mol. The molecule has 1 unspecified atom stereocenters. The summed E-state index contributed by atoms with van der Waals surface area (Å²) in [4.78, 5) is 40.9. The van der Waals surface area contributed by atoms with Crippen molar-refractivity contribution in [3.05, 3.63) is 64.5 Å². The molecule has 2 aromatic rings. The van der Waals surface area contributed by atoms with Crippen LogP contribution in [0.4, 0.5) is 4.39 Å². The lowest BCUT2D eigenvalue weighted by Crippen LogP contribution is -2.56. The molecule has 38 heavy (non-hydrogen) atoms. The van der Waals surface area contributed by atoms with Gasteiger partial charge < -0.3 is 14.4 Å². The molecule has 5 rings (SSSR count). The third kappa shape index (κ3) is 5.44. The second kappa shape index (κ2) is 9.78. The number of hydrogen-bond donors (Lipinski definition) is 1. The molecule has 0 bridgehead atoms. The van der Waals surface area contributed by atoms with Gasteiger partial charge in [-0.2, -0.15) is 0 Å². The topological polar surface area (TPSA) is 88.2 Å². The number of halogens is 1. The number of amides is 3. The van der Waals surface area contributed by atoms with Crippen LogP contribution in [0, 0.1) is 5.82 Å². The summed E-state index contributed by atoms with van der Waals surface area (Å²) in [5, 5.41) is 1.64. The van der Waals surface area contributed by atoms with Crippen molar-refractivity contribution in [3.8, 4) is 5.75 Å². The van der Waals surface area contributed by atoms with Gasteiger partial charge >= 0.3 is 0 Å². The summed E-state index contributed by atoms with van der Waals surface area (Å²) >= 11 is 0. The van der Waals surface area contributed by atoms with Gasteiger partial charge in [-0.15, -0.1) is 0 Å². The highest BCUT2D eigenvalue weighted by Gasteiger charge is 2.40. The third-order valence-corrected chi connectivity index (χ3v) is 6.40. The first kappa shape index (κ1) is 18.9. The fourth-order valence-electron chi connectivity index (χ4n) is 5.30. The lowest BCUT2D eigenvalue weighted by Gasteiger charge is -2.47. The maximum Gasteiger partial charge on any atom is 0.255 e. The number of nitrogens with zero attached hydrogens (tertiary/aromatic N) is 2. The van der Waals surface area contributed by atoms with Crippen LogP contribution >= 0.6 is 0 Å². The second-order valence-corrected chi connectivity index (χ2v) is 10.8. The zero-order valence-corrected chi connectivity index (χ0v) is 21.6. The normalized spacial score (nSPS) is 30.5. The van der Waals surface area contributed by atoms with E-state index in [0.29, 0.717) is 30.1 Å². The molecule has 0 saturated carbocycles. The van der Waals surface area contributed by atoms with Gasteiger partial charge in [0.25, 0.3) is 5.91 Å². The minimum absolute atomic E-state index is 0.0198. The van der Waals surface area contributed by atoms with Crippen molar-refractivity contribution in [3.63, 3.8) is 0 Å². The van der Waals surface area contributed by atoms with Crippen molar-refractivity contribution >= 4 is 17.7 Å². The van der Waals surface area contributed by atoms with Gasteiger partial charge in [0.05, 0.1) is 21.9 Å². The van der Waals surface area contributed by atoms with Crippen LogP contribution in [0.3, 0.4) is 0 Å². The molecule has 3 amide bonds. The first-order valence-corrected chi connectivity index (χ1v) is 12.2. The number of morpholine rings is 1. The Morgan fingerprint density at radius 2 is 1.92 bits per heavy atom. The Labute approximate surface area is 231 Å². The molecule has 2 saturated heterocycles. The van der Waals surface area contributed by atoms with Crippen LogP contribution < -0.4 is 10.1 Å². The molecule has 3 aliphatic heterocycles. The molecule has 0 aliphatic carbocycles. The number of imide groups is 1. The highest BCUT2D eigenvalue weighted by molar-refractivity contribution is 6.05. The van der Waals surface area contributed by atoms with Gasteiger partial charge in [-0.05, 0) is 57.8 Å². The second-order valence-electron chi connectivity index (χ2n) is 10.8. The highest BCUT2D eigenvalue weighted by Crippen LogP contribution is 2.34. The van der Waals surface area contributed by atoms with Crippen LogP contribution in [0.25, 0.3) is 0 Å². The van der Waals surface area contributed by atoms with Crippen molar-refractivity contribution < 1.29 is 37.8 Å². The first-order valence-electron chi connectivity index (χ1n) is 15.7. The minimum Gasteiger partial charge on any atom is -0.488 e. The first-order chi connectivity index (χ1) is 20.5. The van der Waals surface area contributed by atoms with E-state index in [1.54, 1.807) is 11.4 Å². The number of carbonyl (C=O) groups excluding carboxylic acids is 3. The summed E-state index contributed by atoms with van der Waals surface area (Å²) in [5.74, 6) is -5.22. The number of piperidine rings is 1. The fraction of sp³-hybridized carbons (Fsp3) is 0.483. The predicted molar refractivity (Wildman–Crippen MR) is 138 cm³/mol. The predicted octanol–water partition coefficient (Wildman–Crippen LogP) is 3.56. The van der Waals surface area contributed by atoms with E-state index < -0.39 is 72.2 Å². The van der Waals surface area contributed by atoms with Crippen molar-refractivity contribution in [2.75, 3.05) is 13.1 Å². The summed E-state index contributed by atoms with van der Waals surface area (Å²) in [6.45, 7) is 6.15. The Bertz CT molecular complexity index is 1590. The highest BCUT2D eigenvalue weighted by atomic mass is 19.1. The van der Waals surface area contributed by atoms with E-state index >= 15 is 4.39 Å². The van der Waals surface area contributed by atoms with E-state index in [1.807, 2.05) is 27.7 Å². The van der Waals surface area contributed by atoms with Crippen LogP contribution in [0.2, 0.25) is 0 Å². The Morgan fingerprint density at radius 1 is 1.18 bits per heavy atom. The van der Waals surface area contributed by atoms with Gasteiger partial charge in [-0.25, -0.2) is 4.39 Å². The van der Waals surface area contributed by atoms with Gasteiger partial charge in [-0.3, -0.25) is 24.6 Å². The molecular weight excluding hydrogens is 489 g/mol. The Kier molecular flexibility index (Phi) is 4.86. The van der Waals surface area contributed by atoms with Gasteiger partial charge in [0.15, 0.2) is 0 Å². The van der Waals surface area contributed by atoms with E-state index in [0.717, 1.165) is 0 Å². The molecule has 1 N–H and O–H groups in total. The van der Waals surface area contributed by atoms with Gasteiger partial charge in [0.1, 0.15) is 24.1 Å². The standard InChI is InChI=1S/C29H34FN3O5/c1-28(2)16-32(17-29(3,4)38-28)13-18-8-9-19(22(30)12-18)15-37-24-7-5-6-20-21(24)14-33(27(20)36)23-10-11-25(34)31-26(23)35/h5-9,12,23H,10-11,13-17H2,1-4H3,(H,31,34,35)/i10D2,11D2,15D2,23D. The van der Waals surface area contributed by atoms with Crippen LogP contribution in [-0.2, 0) is 34.0 Å². The van der Waals surface area contributed by atoms with Crippen LogP contribution in [0.15, 0.2) is 36.4 Å². The van der Waals surface area contributed by atoms with E-state index in [9.17, 15) is 14.4 Å². The average molecular weight is 531 g/mol. The number of hydrogen-bond acceptors (Lipinski definition) is 6. The summed E-state index contributed by atoms with van der Waals surface area (Å²) in [6.07, 6.45) is -6.81. The molecule has 3 aliphatic rings. The van der Waals surface area contributed by atoms with Crippen molar-refractivity contribution in [1.82, 2.24) is 15.1 Å². The summed E-state index contributed by atoms with van der Waals surface area (Å²) < 4.78 is 85.4.